The first-order chi connectivity index (χ1) is 14.1. The van der Waals surface area contributed by atoms with E-state index in [1.165, 1.54) is 6.20 Å². The van der Waals surface area contributed by atoms with E-state index < -0.39 is 0 Å². The Bertz CT molecular complexity index is 820. The lowest BCUT2D eigenvalue weighted by molar-refractivity contribution is -0.123. The predicted octanol–water partition coefficient (Wildman–Crippen LogP) is 3.28. The fourth-order valence-corrected chi connectivity index (χ4v) is 4.07. The highest BCUT2D eigenvalue weighted by Crippen LogP contribution is 2.45. The van der Waals surface area contributed by atoms with Crippen molar-refractivity contribution in [2.75, 3.05) is 32.8 Å². The van der Waals surface area contributed by atoms with Gasteiger partial charge in [-0.15, -0.1) is 0 Å². The maximum Gasteiger partial charge on any atom is 0.258 e. The number of rotatable bonds is 9. The Morgan fingerprint density at radius 3 is 2.48 bits per heavy atom. The van der Waals surface area contributed by atoms with Crippen molar-refractivity contribution in [1.29, 1.82) is 0 Å². The van der Waals surface area contributed by atoms with Gasteiger partial charge in [0.2, 0.25) is 5.88 Å². The number of ether oxygens (including phenoxy) is 2. The quantitative estimate of drug-likeness (QED) is 0.612. The summed E-state index contributed by atoms with van der Waals surface area (Å²) in [5, 5.41) is 4.32. The lowest BCUT2D eigenvalue weighted by Gasteiger charge is -2.19. The van der Waals surface area contributed by atoms with Crippen molar-refractivity contribution >= 4 is 29.1 Å². The average Bonchev–Trinajstić information content (AvgIpc) is 3.15. The number of amides is 1. The largest absolute Gasteiger partial charge is 0.494 e. The van der Waals surface area contributed by atoms with Crippen LogP contribution in [0, 0.1) is 11.8 Å². The second-order valence-electron chi connectivity index (χ2n) is 7.44. The van der Waals surface area contributed by atoms with Gasteiger partial charge in [0.05, 0.1) is 11.6 Å². The summed E-state index contributed by atoms with van der Waals surface area (Å²) in [6.07, 6.45) is 2.47. The van der Waals surface area contributed by atoms with Crippen LogP contribution in [-0.4, -0.2) is 54.7 Å². The number of carbonyl (C=O) groups excluding carboxylic acids is 1. The number of hydrogen-bond acceptors (Lipinski definition) is 5. The fraction of sp³-hybridized carbons (Fsp3) is 0.429. The van der Waals surface area contributed by atoms with Crippen LogP contribution in [0.2, 0.25) is 10.0 Å². The van der Waals surface area contributed by atoms with Crippen molar-refractivity contribution < 1.29 is 14.3 Å². The number of fused-ring (bicyclic) bond motifs is 1. The first-order valence-electron chi connectivity index (χ1n) is 9.73. The van der Waals surface area contributed by atoms with Crippen molar-refractivity contribution in [1.82, 2.24) is 15.2 Å². The SMILES string of the molecule is O=C(COc1ccc(Cl)cn1)N[C@H]1[C@@H]2CN(CCCOc3ccc(Cl)cc3)C[C@@H]21. The molecule has 1 saturated carbocycles. The van der Waals surface area contributed by atoms with Gasteiger partial charge in [0, 0.05) is 43.0 Å². The minimum atomic E-state index is -0.107. The van der Waals surface area contributed by atoms with Crippen molar-refractivity contribution in [3.8, 4) is 11.6 Å². The first-order valence-corrected chi connectivity index (χ1v) is 10.5. The van der Waals surface area contributed by atoms with Gasteiger partial charge < -0.3 is 19.7 Å². The Balaban J connectivity index is 1.08. The monoisotopic (exact) mass is 435 g/mol. The van der Waals surface area contributed by atoms with Gasteiger partial charge in [-0.1, -0.05) is 23.2 Å². The van der Waals surface area contributed by atoms with E-state index in [-0.39, 0.29) is 18.6 Å². The lowest BCUT2D eigenvalue weighted by Crippen LogP contribution is -2.37. The number of halogens is 2. The number of nitrogens with one attached hydrogen (secondary N) is 1. The van der Waals surface area contributed by atoms with Gasteiger partial charge in [-0.2, -0.15) is 0 Å². The number of benzene rings is 1. The van der Waals surface area contributed by atoms with E-state index in [0.717, 1.165) is 31.8 Å². The Hall–Kier alpha value is -2.02. The van der Waals surface area contributed by atoms with E-state index in [4.69, 9.17) is 32.7 Å². The molecular weight excluding hydrogens is 413 g/mol. The predicted molar refractivity (Wildman–Crippen MR) is 112 cm³/mol. The summed E-state index contributed by atoms with van der Waals surface area (Å²) in [4.78, 5) is 18.5. The molecule has 4 rings (SSSR count). The molecule has 0 radical (unpaired) electrons. The molecule has 0 unspecified atom stereocenters. The van der Waals surface area contributed by atoms with Crippen molar-refractivity contribution in [2.45, 2.75) is 12.5 Å². The highest BCUT2D eigenvalue weighted by molar-refractivity contribution is 6.30. The topological polar surface area (TPSA) is 63.7 Å². The highest BCUT2D eigenvalue weighted by Gasteiger charge is 2.56. The van der Waals surface area contributed by atoms with Crippen LogP contribution in [0.15, 0.2) is 42.6 Å². The molecule has 2 aliphatic rings. The van der Waals surface area contributed by atoms with Crippen LogP contribution in [0.3, 0.4) is 0 Å². The molecule has 0 bridgehead atoms. The minimum Gasteiger partial charge on any atom is -0.494 e. The summed E-state index contributed by atoms with van der Waals surface area (Å²) in [6.45, 7) is 3.71. The molecule has 6 nitrogen and oxygen atoms in total. The van der Waals surface area contributed by atoms with Crippen molar-refractivity contribution in [3.63, 3.8) is 0 Å². The zero-order chi connectivity index (χ0) is 20.2. The van der Waals surface area contributed by atoms with Crippen LogP contribution in [0.25, 0.3) is 0 Å². The minimum absolute atomic E-state index is 0.0314. The zero-order valence-electron chi connectivity index (χ0n) is 15.9. The molecule has 1 amide bonds. The molecule has 1 aliphatic carbocycles. The van der Waals surface area contributed by atoms with Gasteiger partial charge in [-0.25, -0.2) is 4.98 Å². The Kier molecular flexibility index (Phi) is 6.43. The first kappa shape index (κ1) is 20.3. The summed E-state index contributed by atoms with van der Waals surface area (Å²) in [7, 11) is 0. The van der Waals surface area contributed by atoms with E-state index in [1.807, 2.05) is 24.3 Å². The van der Waals surface area contributed by atoms with Crippen LogP contribution in [0.5, 0.6) is 11.6 Å². The third kappa shape index (κ3) is 5.53. The summed E-state index contributed by atoms with van der Waals surface area (Å²) in [5.41, 5.74) is 0. The van der Waals surface area contributed by atoms with Gasteiger partial charge in [-0.3, -0.25) is 4.79 Å². The molecule has 2 heterocycles. The fourth-order valence-electron chi connectivity index (χ4n) is 3.83. The van der Waals surface area contributed by atoms with E-state index in [1.54, 1.807) is 12.1 Å². The lowest BCUT2D eigenvalue weighted by atomic mass is 10.3. The second kappa shape index (κ2) is 9.20. The standard InChI is InChI=1S/C21H23Cl2N3O3/c22-14-2-5-16(6-3-14)28-9-1-8-26-11-17-18(12-26)21(17)25-19(27)13-29-20-7-4-15(23)10-24-20/h2-7,10,17-18,21H,1,8-9,11-13H2,(H,25,27)/t17-,18+,21+. The molecule has 0 spiro atoms. The smallest absolute Gasteiger partial charge is 0.258 e. The molecule has 1 aliphatic heterocycles. The van der Waals surface area contributed by atoms with Gasteiger partial charge in [-0.05, 0) is 48.6 Å². The summed E-state index contributed by atoms with van der Waals surface area (Å²) >= 11 is 11.6. The van der Waals surface area contributed by atoms with E-state index in [9.17, 15) is 4.79 Å². The zero-order valence-corrected chi connectivity index (χ0v) is 17.4. The number of aromatic nitrogens is 1. The molecule has 1 N–H and O–H groups in total. The third-order valence-electron chi connectivity index (χ3n) is 5.35. The normalized spacial score (nSPS) is 22.8. The van der Waals surface area contributed by atoms with Crippen molar-refractivity contribution in [2.24, 2.45) is 11.8 Å². The summed E-state index contributed by atoms with van der Waals surface area (Å²) in [6, 6.07) is 11.0. The maximum absolute atomic E-state index is 12.1. The molecule has 1 saturated heterocycles. The molecule has 2 aromatic rings. The second-order valence-corrected chi connectivity index (χ2v) is 8.31. The number of pyridine rings is 1. The van der Waals surface area contributed by atoms with E-state index in [2.05, 4.69) is 15.2 Å². The number of nitrogens with zero attached hydrogens (tertiary/aromatic N) is 2. The number of hydrogen-bond donors (Lipinski definition) is 1. The molecule has 3 atom stereocenters. The van der Waals surface area contributed by atoms with E-state index in [0.29, 0.717) is 34.4 Å². The van der Waals surface area contributed by atoms with Crippen LogP contribution in [0.1, 0.15) is 6.42 Å². The molecule has 154 valence electrons. The van der Waals surface area contributed by atoms with Crippen LogP contribution < -0.4 is 14.8 Å². The van der Waals surface area contributed by atoms with Gasteiger partial charge in [0.15, 0.2) is 6.61 Å². The number of likely N-dealkylation sites (tertiary alicyclic amines) is 1. The van der Waals surface area contributed by atoms with Gasteiger partial charge in [0.1, 0.15) is 5.75 Å². The molecule has 8 heteroatoms. The van der Waals surface area contributed by atoms with Crippen LogP contribution >= 0.6 is 23.2 Å². The number of piperidine rings is 1. The molecular formula is C21H23Cl2N3O3. The Labute approximate surface area is 180 Å². The highest BCUT2D eigenvalue weighted by atomic mass is 35.5. The van der Waals surface area contributed by atoms with Gasteiger partial charge >= 0.3 is 0 Å². The summed E-state index contributed by atoms with van der Waals surface area (Å²) in [5.74, 6) is 2.23. The third-order valence-corrected chi connectivity index (χ3v) is 5.83. The average molecular weight is 436 g/mol. The number of carbonyl (C=O) groups is 1. The molecule has 1 aromatic carbocycles. The molecule has 2 fully saturated rings. The Morgan fingerprint density at radius 2 is 1.79 bits per heavy atom. The van der Waals surface area contributed by atoms with Crippen LogP contribution in [-0.2, 0) is 4.79 Å². The summed E-state index contributed by atoms with van der Waals surface area (Å²) < 4.78 is 11.1. The van der Waals surface area contributed by atoms with Crippen LogP contribution in [0.4, 0.5) is 0 Å². The van der Waals surface area contributed by atoms with Gasteiger partial charge in [0.25, 0.3) is 5.91 Å². The molecule has 29 heavy (non-hydrogen) atoms. The van der Waals surface area contributed by atoms with E-state index >= 15 is 0 Å². The Morgan fingerprint density at radius 1 is 1.07 bits per heavy atom. The van der Waals surface area contributed by atoms with Crippen molar-refractivity contribution in [3.05, 3.63) is 52.6 Å². The molecule has 1 aromatic heterocycles. The maximum atomic E-state index is 12.1.